The summed E-state index contributed by atoms with van der Waals surface area (Å²) in [5.41, 5.74) is 0. The third-order valence-corrected chi connectivity index (χ3v) is 1.50. The molecule has 0 radical (unpaired) electrons. The van der Waals surface area contributed by atoms with Gasteiger partial charge in [0.2, 0.25) is 0 Å². The van der Waals surface area contributed by atoms with Crippen molar-refractivity contribution in [2.45, 2.75) is 25.6 Å². The summed E-state index contributed by atoms with van der Waals surface area (Å²) in [6.07, 6.45) is -8.11. The molecule has 2 atom stereocenters. The molecule has 0 aliphatic heterocycles. The maximum atomic E-state index is 11.7. The molecule has 0 aromatic heterocycles. The lowest BCUT2D eigenvalue weighted by molar-refractivity contribution is -0.247. The maximum Gasteiger partial charge on any atom is 0.415 e. The summed E-state index contributed by atoms with van der Waals surface area (Å²) in [5, 5.41) is 0. The fraction of sp³-hybridized carbons (Fsp3) is 1.00. The van der Waals surface area contributed by atoms with Crippen LogP contribution < -0.4 is 4.89 Å². The predicted octanol–water partition coefficient (Wildman–Crippen LogP) is 1.78. The third kappa shape index (κ3) is 4.69. The molecular formula is C4H6F4O3P-. The van der Waals surface area contributed by atoms with Gasteiger partial charge in [-0.2, -0.15) is 17.4 Å². The zero-order valence-corrected chi connectivity index (χ0v) is 6.86. The first-order valence-electron chi connectivity index (χ1n) is 2.92. The summed E-state index contributed by atoms with van der Waals surface area (Å²) in [5.74, 6) is 0. The van der Waals surface area contributed by atoms with E-state index in [1.807, 2.05) is 0 Å². The molecule has 0 spiro atoms. The highest BCUT2D eigenvalue weighted by molar-refractivity contribution is 7.45. The molecule has 0 aromatic carbocycles. The quantitative estimate of drug-likeness (QED) is 0.525. The van der Waals surface area contributed by atoms with Crippen molar-refractivity contribution >= 4 is 7.91 Å². The van der Waals surface area contributed by atoms with Crippen molar-refractivity contribution in [2.24, 2.45) is 0 Å². The van der Waals surface area contributed by atoms with Gasteiger partial charge in [-0.3, -0.25) is 4.57 Å². The molecule has 2 unspecified atom stereocenters. The van der Waals surface area contributed by atoms with E-state index < -0.39 is 26.6 Å². The van der Waals surface area contributed by atoms with E-state index in [0.29, 0.717) is 0 Å². The van der Waals surface area contributed by atoms with Crippen LogP contribution in [0.25, 0.3) is 0 Å². The molecule has 74 valence electrons. The zero-order valence-electron chi connectivity index (χ0n) is 5.97. The Bertz CT molecular complexity index is 185. The Labute approximate surface area is 66.0 Å². The highest BCUT2D eigenvalue weighted by Crippen LogP contribution is 2.43. The van der Waals surface area contributed by atoms with Crippen LogP contribution in [-0.2, 0) is 9.09 Å². The Hall–Kier alpha value is -0.130. The Morgan fingerprint density at radius 3 is 2.08 bits per heavy atom. The molecular weight excluding hydrogens is 203 g/mol. The van der Waals surface area contributed by atoms with Crippen molar-refractivity contribution in [1.29, 1.82) is 0 Å². The van der Waals surface area contributed by atoms with Gasteiger partial charge < -0.3 is 9.42 Å². The Kier molecular flexibility index (Phi) is 3.68. The van der Waals surface area contributed by atoms with E-state index in [1.54, 1.807) is 0 Å². The van der Waals surface area contributed by atoms with Crippen LogP contribution in [0.3, 0.4) is 0 Å². The summed E-state index contributed by atoms with van der Waals surface area (Å²) in [6.45, 7) is 1.04. The Morgan fingerprint density at radius 1 is 1.58 bits per heavy atom. The van der Waals surface area contributed by atoms with Gasteiger partial charge in [0, 0.05) is 0 Å². The molecule has 0 N–H and O–H groups in total. The van der Waals surface area contributed by atoms with Crippen molar-refractivity contribution in [3.63, 3.8) is 0 Å². The third-order valence-electron chi connectivity index (χ3n) is 0.989. The number of rotatable bonds is 3. The molecule has 0 saturated carbocycles. The highest BCUT2D eigenvalue weighted by Gasteiger charge is 2.41. The van der Waals surface area contributed by atoms with E-state index in [0.717, 1.165) is 6.92 Å². The second-order valence-electron chi connectivity index (χ2n) is 1.97. The van der Waals surface area contributed by atoms with Crippen LogP contribution in [0, 0.1) is 0 Å². The van der Waals surface area contributed by atoms with Gasteiger partial charge in [0.1, 0.15) is 0 Å². The molecule has 0 bridgehead atoms. The molecule has 0 fully saturated rings. The zero-order chi connectivity index (χ0) is 9.99. The molecule has 0 aliphatic carbocycles. The number of halogens is 4. The molecule has 0 aliphatic rings. The molecule has 0 heterocycles. The van der Waals surface area contributed by atoms with E-state index in [-0.39, 0.29) is 0 Å². The lowest BCUT2D eigenvalue weighted by Gasteiger charge is -2.23. The number of hydrogen-bond donors (Lipinski definition) is 0. The lowest BCUT2D eigenvalue weighted by atomic mass is 10.3. The van der Waals surface area contributed by atoms with Crippen LogP contribution in [0.5, 0.6) is 0 Å². The van der Waals surface area contributed by atoms with Gasteiger partial charge in [0.25, 0.3) is 0 Å². The molecule has 0 amide bonds. The van der Waals surface area contributed by atoms with Crippen molar-refractivity contribution in [1.82, 2.24) is 0 Å². The monoisotopic (exact) mass is 209 g/mol. The molecule has 0 aromatic rings. The van der Waals surface area contributed by atoms with E-state index in [9.17, 15) is 26.8 Å². The minimum atomic E-state index is -5.80. The van der Waals surface area contributed by atoms with Crippen LogP contribution in [-0.4, -0.2) is 12.3 Å². The first kappa shape index (κ1) is 11.9. The molecule has 12 heavy (non-hydrogen) atoms. The van der Waals surface area contributed by atoms with Crippen LogP contribution in [0.2, 0.25) is 0 Å². The fourth-order valence-corrected chi connectivity index (χ4v) is 1.09. The van der Waals surface area contributed by atoms with Gasteiger partial charge in [0.05, 0.1) is 0 Å². The normalized spacial score (nSPS) is 20.2. The fourth-order valence-electron chi connectivity index (χ4n) is 0.518. The van der Waals surface area contributed by atoms with Gasteiger partial charge in [0.15, 0.2) is 6.10 Å². The lowest BCUT2D eigenvalue weighted by Crippen LogP contribution is -2.30. The van der Waals surface area contributed by atoms with Gasteiger partial charge in [-0.05, 0) is 6.42 Å². The molecule has 0 saturated heterocycles. The van der Waals surface area contributed by atoms with Crippen molar-refractivity contribution in [3.05, 3.63) is 0 Å². The van der Waals surface area contributed by atoms with E-state index in [4.69, 9.17) is 0 Å². The van der Waals surface area contributed by atoms with Gasteiger partial charge >= 0.3 is 14.1 Å². The van der Waals surface area contributed by atoms with Crippen LogP contribution in [0.1, 0.15) is 13.3 Å². The second-order valence-corrected chi connectivity index (χ2v) is 3.05. The topological polar surface area (TPSA) is 49.4 Å². The van der Waals surface area contributed by atoms with Gasteiger partial charge in [-0.15, -0.1) is 0 Å². The van der Waals surface area contributed by atoms with E-state index in [2.05, 4.69) is 4.52 Å². The predicted molar refractivity (Wildman–Crippen MR) is 29.9 cm³/mol. The molecule has 3 nitrogen and oxygen atoms in total. The second kappa shape index (κ2) is 3.72. The minimum absolute atomic E-state index is 0.653. The summed E-state index contributed by atoms with van der Waals surface area (Å²) >= 11 is 0. The Balaban J connectivity index is 4.30. The van der Waals surface area contributed by atoms with Gasteiger partial charge in [-0.25, -0.2) is 0 Å². The van der Waals surface area contributed by atoms with Crippen molar-refractivity contribution in [2.75, 3.05) is 0 Å². The maximum absolute atomic E-state index is 11.7. The van der Waals surface area contributed by atoms with E-state index >= 15 is 0 Å². The largest absolute Gasteiger partial charge is 0.753 e. The molecule has 8 heteroatoms. The number of hydrogen-bond acceptors (Lipinski definition) is 3. The SMILES string of the molecule is CCC(OP(=O)([O-])F)C(F)(F)F. The summed E-state index contributed by atoms with van der Waals surface area (Å²) < 4.78 is 59.6. The summed E-state index contributed by atoms with van der Waals surface area (Å²) in [6, 6.07) is 0. The summed E-state index contributed by atoms with van der Waals surface area (Å²) in [7, 11) is -5.80. The van der Waals surface area contributed by atoms with Crippen molar-refractivity contribution < 1.29 is 31.4 Å². The summed E-state index contributed by atoms with van der Waals surface area (Å²) in [4.78, 5) is 9.69. The first-order chi connectivity index (χ1) is 5.17. The van der Waals surface area contributed by atoms with E-state index in [1.165, 1.54) is 0 Å². The van der Waals surface area contributed by atoms with Gasteiger partial charge in [-0.1, -0.05) is 6.92 Å². The smallest absolute Gasteiger partial charge is 0.415 e. The minimum Gasteiger partial charge on any atom is -0.753 e. The highest BCUT2D eigenvalue weighted by atomic mass is 31.2. The van der Waals surface area contributed by atoms with Crippen LogP contribution in [0.4, 0.5) is 17.4 Å². The van der Waals surface area contributed by atoms with Crippen LogP contribution in [0.15, 0.2) is 0 Å². The average molecular weight is 209 g/mol. The molecule has 0 rings (SSSR count). The average Bonchev–Trinajstić information content (AvgIpc) is 1.78. The van der Waals surface area contributed by atoms with Crippen molar-refractivity contribution in [3.8, 4) is 0 Å². The standard InChI is InChI=1S/C4H7F4O3P/c1-2-3(4(5,6)7)11-12(8,9)10/h3H,2H2,1H3,(H,9,10)/p-1. The first-order valence-corrected chi connectivity index (χ1v) is 4.36. The Morgan fingerprint density at radius 2 is 2.00 bits per heavy atom. The number of alkyl halides is 3. The van der Waals surface area contributed by atoms with Crippen LogP contribution >= 0.6 is 7.91 Å².